The van der Waals surface area contributed by atoms with Crippen LogP contribution in [0.4, 0.5) is 4.39 Å². The Morgan fingerprint density at radius 2 is 2.11 bits per heavy atom. The first-order valence-corrected chi connectivity index (χ1v) is 6.18. The van der Waals surface area contributed by atoms with Crippen molar-refractivity contribution < 1.29 is 4.39 Å². The first kappa shape index (κ1) is 12.8. The third-order valence-corrected chi connectivity index (χ3v) is 2.87. The molecule has 2 rings (SSSR count). The molecular weight excluding hydrogens is 229 g/mol. The molecule has 0 saturated heterocycles. The van der Waals surface area contributed by atoms with E-state index in [0.717, 1.165) is 12.2 Å². The Bertz CT molecular complexity index is 507. The van der Waals surface area contributed by atoms with Gasteiger partial charge in [-0.3, -0.25) is 4.68 Å². The molecule has 0 spiro atoms. The van der Waals surface area contributed by atoms with Crippen molar-refractivity contribution in [1.29, 1.82) is 0 Å². The highest BCUT2D eigenvalue weighted by Crippen LogP contribution is 2.18. The minimum Gasteiger partial charge on any atom is -0.309 e. The third kappa shape index (κ3) is 2.96. The van der Waals surface area contributed by atoms with Crippen molar-refractivity contribution in [2.24, 2.45) is 0 Å². The second-order valence-electron chi connectivity index (χ2n) is 4.31. The fourth-order valence-electron chi connectivity index (χ4n) is 2.03. The molecular formula is C14H18FN3. The zero-order valence-electron chi connectivity index (χ0n) is 10.7. The molecule has 1 aromatic heterocycles. The summed E-state index contributed by atoms with van der Waals surface area (Å²) in [6.07, 6.45) is 1.92. The number of benzene rings is 1. The molecule has 0 fully saturated rings. The molecule has 3 nitrogen and oxygen atoms in total. The lowest BCUT2D eigenvalue weighted by atomic mass is 10.1. The molecule has 4 heteroatoms. The molecule has 0 aliphatic carbocycles. The summed E-state index contributed by atoms with van der Waals surface area (Å²) in [4.78, 5) is 0. The molecule has 96 valence electrons. The Morgan fingerprint density at radius 3 is 2.72 bits per heavy atom. The lowest BCUT2D eigenvalue weighted by Gasteiger charge is -2.19. The summed E-state index contributed by atoms with van der Waals surface area (Å²) in [5.74, 6) is -0.174. The fraction of sp³-hybridized carbons (Fsp3) is 0.357. The molecule has 0 aliphatic heterocycles. The second-order valence-corrected chi connectivity index (χ2v) is 4.31. The molecule has 1 N–H and O–H groups in total. The summed E-state index contributed by atoms with van der Waals surface area (Å²) in [5, 5.41) is 7.64. The van der Waals surface area contributed by atoms with Crippen LogP contribution in [0.25, 0.3) is 0 Å². The monoisotopic (exact) mass is 247 g/mol. The van der Waals surface area contributed by atoms with Crippen LogP contribution in [0.3, 0.4) is 0 Å². The molecule has 0 radical (unpaired) electrons. The Hall–Kier alpha value is -1.68. The first-order chi connectivity index (χ1) is 8.70. The molecule has 0 bridgehead atoms. The number of nitrogens with one attached hydrogen (secondary N) is 1. The van der Waals surface area contributed by atoms with Gasteiger partial charge in [-0.2, -0.15) is 5.10 Å². The van der Waals surface area contributed by atoms with E-state index in [2.05, 4.69) is 10.4 Å². The summed E-state index contributed by atoms with van der Waals surface area (Å²) in [7, 11) is 0. The molecule has 1 unspecified atom stereocenters. The largest absolute Gasteiger partial charge is 0.309 e. The van der Waals surface area contributed by atoms with E-state index in [1.54, 1.807) is 6.07 Å². The maximum absolute atomic E-state index is 13.8. The number of nitrogens with zero attached hydrogens (tertiary/aromatic N) is 2. The van der Waals surface area contributed by atoms with Gasteiger partial charge in [0, 0.05) is 11.8 Å². The Kier molecular flexibility index (Phi) is 4.10. The molecule has 2 aromatic rings. The van der Waals surface area contributed by atoms with E-state index < -0.39 is 0 Å². The Balaban J connectivity index is 2.20. The van der Waals surface area contributed by atoms with Gasteiger partial charge >= 0.3 is 0 Å². The quantitative estimate of drug-likeness (QED) is 0.880. The van der Waals surface area contributed by atoms with Gasteiger partial charge in [0.15, 0.2) is 0 Å². The van der Waals surface area contributed by atoms with Crippen molar-refractivity contribution in [1.82, 2.24) is 15.1 Å². The van der Waals surface area contributed by atoms with E-state index in [9.17, 15) is 4.39 Å². The van der Waals surface area contributed by atoms with Crippen molar-refractivity contribution in [2.45, 2.75) is 26.4 Å². The first-order valence-electron chi connectivity index (χ1n) is 6.18. The van der Waals surface area contributed by atoms with Crippen LogP contribution in [0, 0.1) is 12.7 Å². The van der Waals surface area contributed by atoms with E-state index in [1.165, 1.54) is 6.07 Å². The Morgan fingerprint density at radius 1 is 1.33 bits per heavy atom. The number of hydrogen-bond acceptors (Lipinski definition) is 2. The minimum absolute atomic E-state index is 0.0597. The molecule has 1 heterocycles. The SMILES string of the molecule is CCNC(Cn1ccc(C)n1)c1ccccc1F. The van der Waals surface area contributed by atoms with E-state index in [0.29, 0.717) is 12.1 Å². The van der Waals surface area contributed by atoms with Gasteiger partial charge in [-0.15, -0.1) is 0 Å². The van der Waals surface area contributed by atoms with Gasteiger partial charge in [-0.05, 0) is 25.6 Å². The predicted octanol–water partition coefficient (Wildman–Crippen LogP) is 2.68. The average molecular weight is 247 g/mol. The maximum Gasteiger partial charge on any atom is 0.128 e. The molecule has 0 aliphatic rings. The standard InChI is InChI=1S/C14H18FN3/c1-3-16-14(10-18-9-8-11(2)17-18)12-6-4-5-7-13(12)15/h4-9,14,16H,3,10H2,1-2H3. The predicted molar refractivity (Wildman–Crippen MR) is 69.8 cm³/mol. The summed E-state index contributed by atoms with van der Waals surface area (Å²) < 4.78 is 15.6. The minimum atomic E-state index is -0.174. The van der Waals surface area contributed by atoms with Crippen molar-refractivity contribution in [3.8, 4) is 0 Å². The van der Waals surface area contributed by atoms with Crippen molar-refractivity contribution in [3.05, 3.63) is 53.6 Å². The van der Waals surface area contributed by atoms with Gasteiger partial charge in [0.05, 0.1) is 18.3 Å². The van der Waals surface area contributed by atoms with Crippen LogP contribution in [-0.4, -0.2) is 16.3 Å². The normalized spacial score (nSPS) is 12.6. The van der Waals surface area contributed by atoms with Crippen LogP contribution in [0.2, 0.25) is 0 Å². The van der Waals surface area contributed by atoms with Crippen LogP contribution in [0.15, 0.2) is 36.5 Å². The number of rotatable bonds is 5. The van der Waals surface area contributed by atoms with E-state index in [1.807, 2.05) is 42.9 Å². The topological polar surface area (TPSA) is 29.9 Å². The van der Waals surface area contributed by atoms with E-state index >= 15 is 0 Å². The molecule has 18 heavy (non-hydrogen) atoms. The highest BCUT2D eigenvalue weighted by molar-refractivity contribution is 5.21. The highest BCUT2D eigenvalue weighted by Gasteiger charge is 2.15. The number of likely N-dealkylation sites (N-methyl/N-ethyl adjacent to an activating group) is 1. The van der Waals surface area contributed by atoms with Crippen LogP contribution in [0.5, 0.6) is 0 Å². The highest BCUT2D eigenvalue weighted by atomic mass is 19.1. The van der Waals surface area contributed by atoms with Crippen LogP contribution < -0.4 is 5.32 Å². The number of aromatic nitrogens is 2. The van der Waals surface area contributed by atoms with Crippen molar-refractivity contribution in [2.75, 3.05) is 6.54 Å². The van der Waals surface area contributed by atoms with E-state index in [-0.39, 0.29) is 11.9 Å². The maximum atomic E-state index is 13.8. The molecule has 1 aromatic carbocycles. The molecule has 1 atom stereocenters. The Labute approximate surface area is 107 Å². The number of halogens is 1. The number of aryl methyl sites for hydroxylation is 1. The van der Waals surface area contributed by atoms with Gasteiger partial charge in [0.1, 0.15) is 5.82 Å². The third-order valence-electron chi connectivity index (χ3n) is 2.87. The van der Waals surface area contributed by atoms with Gasteiger partial charge in [-0.1, -0.05) is 25.1 Å². The summed E-state index contributed by atoms with van der Waals surface area (Å²) in [5.41, 5.74) is 1.66. The van der Waals surface area contributed by atoms with Crippen molar-refractivity contribution >= 4 is 0 Å². The summed E-state index contributed by atoms with van der Waals surface area (Å²) >= 11 is 0. The van der Waals surface area contributed by atoms with E-state index in [4.69, 9.17) is 0 Å². The second kappa shape index (κ2) is 5.78. The van der Waals surface area contributed by atoms with Gasteiger partial charge < -0.3 is 5.32 Å². The molecule has 0 saturated carbocycles. The van der Waals surface area contributed by atoms with Crippen LogP contribution >= 0.6 is 0 Å². The van der Waals surface area contributed by atoms with Gasteiger partial charge in [0.25, 0.3) is 0 Å². The summed E-state index contributed by atoms with van der Waals surface area (Å²) in [6.45, 7) is 5.38. The lowest BCUT2D eigenvalue weighted by molar-refractivity contribution is 0.430. The molecule has 0 amide bonds. The zero-order valence-corrected chi connectivity index (χ0v) is 10.7. The fourth-order valence-corrected chi connectivity index (χ4v) is 2.03. The zero-order chi connectivity index (χ0) is 13.0. The average Bonchev–Trinajstić information content (AvgIpc) is 2.75. The number of hydrogen-bond donors (Lipinski definition) is 1. The van der Waals surface area contributed by atoms with Crippen LogP contribution in [-0.2, 0) is 6.54 Å². The lowest BCUT2D eigenvalue weighted by Crippen LogP contribution is -2.26. The summed E-state index contributed by atoms with van der Waals surface area (Å²) in [6, 6.07) is 8.77. The van der Waals surface area contributed by atoms with Gasteiger partial charge in [-0.25, -0.2) is 4.39 Å². The van der Waals surface area contributed by atoms with Crippen LogP contribution in [0.1, 0.15) is 24.2 Å². The van der Waals surface area contributed by atoms with Crippen molar-refractivity contribution in [3.63, 3.8) is 0 Å². The van der Waals surface area contributed by atoms with Gasteiger partial charge in [0.2, 0.25) is 0 Å². The smallest absolute Gasteiger partial charge is 0.128 e.